The fraction of sp³-hybridized carbons (Fsp3) is 0.100. The summed E-state index contributed by atoms with van der Waals surface area (Å²) in [4.78, 5) is 4.57. The summed E-state index contributed by atoms with van der Waals surface area (Å²) >= 11 is 6.16. The first-order valence-corrected chi connectivity index (χ1v) is 8.18. The minimum Gasteiger partial charge on any atom is -0.236 e. The number of benzene rings is 2. The standard InChI is InChI=1S/C20H16ClN3/c1-13-6-8-15(9-7-13)18-10-11-22-20-19(14(2)23-24(18)20)16-4-3-5-17(21)12-16/h3-12H,1-2H3. The van der Waals surface area contributed by atoms with Gasteiger partial charge in [-0.05, 0) is 37.6 Å². The van der Waals surface area contributed by atoms with E-state index in [2.05, 4.69) is 36.2 Å². The number of nitrogens with zero attached hydrogens (tertiary/aromatic N) is 3. The van der Waals surface area contributed by atoms with Crippen LogP contribution in [0.25, 0.3) is 28.0 Å². The molecule has 0 bridgehead atoms. The number of rotatable bonds is 2. The first-order chi connectivity index (χ1) is 11.6. The Kier molecular flexibility index (Phi) is 3.58. The van der Waals surface area contributed by atoms with Gasteiger partial charge < -0.3 is 0 Å². The Labute approximate surface area is 145 Å². The lowest BCUT2D eigenvalue weighted by Gasteiger charge is -2.06. The van der Waals surface area contributed by atoms with Crippen LogP contribution in [0.3, 0.4) is 0 Å². The van der Waals surface area contributed by atoms with E-state index in [4.69, 9.17) is 16.7 Å². The second kappa shape index (κ2) is 5.77. The molecular weight excluding hydrogens is 318 g/mol. The fourth-order valence-electron chi connectivity index (χ4n) is 2.98. The summed E-state index contributed by atoms with van der Waals surface area (Å²) in [5.41, 5.74) is 7.21. The Balaban J connectivity index is 1.97. The number of hydrogen-bond acceptors (Lipinski definition) is 2. The number of aryl methyl sites for hydroxylation is 2. The van der Waals surface area contributed by atoms with Gasteiger partial charge in [0.1, 0.15) is 0 Å². The Morgan fingerprint density at radius 3 is 2.46 bits per heavy atom. The number of halogens is 1. The third-order valence-electron chi connectivity index (χ3n) is 4.15. The summed E-state index contributed by atoms with van der Waals surface area (Å²) in [5, 5.41) is 5.44. The van der Waals surface area contributed by atoms with E-state index in [1.807, 2.05) is 48.0 Å². The van der Waals surface area contributed by atoms with Crippen molar-refractivity contribution in [3.05, 3.63) is 77.1 Å². The van der Waals surface area contributed by atoms with Crippen molar-refractivity contribution in [1.82, 2.24) is 14.6 Å². The average Bonchev–Trinajstić information content (AvgIpc) is 2.91. The highest BCUT2D eigenvalue weighted by atomic mass is 35.5. The van der Waals surface area contributed by atoms with Crippen molar-refractivity contribution in [3.8, 4) is 22.4 Å². The first-order valence-electron chi connectivity index (χ1n) is 7.81. The summed E-state index contributed by atoms with van der Waals surface area (Å²) in [5.74, 6) is 0. The lowest BCUT2D eigenvalue weighted by Crippen LogP contribution is -1.96. The summed E-state index contributed by atoms with van der Waals surface area (Å²) in [6.45, 7) is 4.09. The molecule has 0 amide bonds. The normalized spacial score (nSPS) is 11.1. The van der Waals surface area contributed by atoms with E-state index in [0.29, 0.717) is 5.02 Å². The van der Waals surface area contributed by atoms with E-state index in [9.17, 15) is 0 Å². The maximum absolute atomic E-state index is 6.16. The van der Waals surface area contributed by atoms with Crippen LogP contribution in [0.4, 0.5) is 0 Å². The van der Waals surface area contributed by atoms with Crippen LogP contribution in [-0.4, -0.2) is 14.6 Å². The molecule has 0 saturated carbocycles. The van der Waals surface area contributed by atoms with Gasteiger partial charge >= 0.3 is 0 Å². The van der Waals surface area contributed by atoms with Crippen LogP contribution < -0.4 is 0 Å². The van der Waals surface area contributed by atoms with Crippen LogP contribution in [0.15, 0.2) is 60.8 Å². The second-order valence-corrected chi connectivity index (χ2v) is 6.34. The van der Waals surface area contributed by atoms with E-state index < -0.39 is 0 Å². The predicted octanol–water partition coefficient (Wildman–Crippen LogP) is 5.33. The Morgan fingerprint density at radius 2 is 1.71 bits per heavy atom. The summed E-state index contributed by atoms with van der Waals surface area (Å²) in [6, 6.07) is 18.2. The van der Waals surface area contributed by atoms with Gasteiger partial charge in [0.15, 0.2) is 5.65 Å². The Bertz CT molecular complexity index is 1030. The molecular formula is C20H16ClN3. The zero-order valence-corrected chi connectivity index (χ0v) is 14.2. The SMILES string of the molecule is Cc1ccc(-c2ccnc3c(-c4cccc(Cl)c4)c(C)nn23)cc1. The molecule has 0 radical (unpaired) electrons. The molecule has 0 aliphatic rings. The zero-order valence-electron chi connectivity index (χ0n) is 13.5. The van der Waals surface area contributed by atoms with E-state index in [0.717, 1.165) is 33.7 Å². The van der Waals surface area contributed by atoms with E-state index >= 15 is 0 Å². The van der Waals surface area contributed by atoms with Crippen LogP contribution in [0, 0.1) is 13.8 Å². The smallest absolute Gasteiger partial charge is 0.163 e. The molecule has 2 aromatic heterocycles. The van der Waals surface area contributed by atoms with Gasteiger partial charge in [-0.15, -0.1) is 0 Å². The molecule has 0 aliphatic heterocycles. The van der Waals surface area contributed by atoms with E-state index in [-0.39, 0.29) is 0 Å². The van der Waals surface area contributed by atoms with Gasteiger partial charge in [-0.3, -0.25) is 0 Å². The molecule has 118 valence electrons. The maximum atomic E-state index is 6.16. The van der Waals surface area contributed by atoms with Crippen LogP contribution in [-0.2, 0) is 0 Å². The van der Waals surface area contributed by atoms with E-state index in [1.54, 1.807) is 0 Å². The molecule has 2 aromatic carbocycles. The van der Waals surface area contributed by atoms with Gasteiger partial charge in [0.2, 0.25) is 0 Å². The maximum Gasteiger partial charge on any atom is 0.163 e. The number of hydrogen-bond donors (Lipinski definition) is 0. The summed E-state index contributed by atoms with van der Waals surface area (Å²) < 4.78 is 1.91. The number of aromatic nitrogens is 3. The zero-order chi connectivity index (χ0) is 16.7. The largest absolute Gasteiger partial charge is 0.236 e. The van der Waals surface area contributed by atoms with Gasteiger partial charge in [0, 0.05) is 22.3 Å². The van der Waals surface area contributed by atoms with Crippen molar-refractivity contribution in [2.75, 3.05) is 0 Å². The monoisotopic (exact) mass is 333 g/mol. The van der Waals surface area contributed by atoms with Gasteiger partial charge in [0.05, 0.1) is 11.4 Å². The molecule has 3 nitrogen and oxygen atoms in total. The molecule has 0 atom stereocenters. The lowest BCUT2D eigenvalue weighted by molar-refractivity contribution is 0.925. The molecule has 2 heterocycles. The molecule has 0 N–H and O–H groups in total. The van der Waals surface area contributed by atoms with Crippen LogP contribution in [0.5, 0.6) is 0 Å². The molecule has 4 rings (SSSR count). The molecule has 24 heavy (non-hydrogen) atoms. The fourth-order valence-corrected chi connectivity index (χ4v) is 3.17. The van der Waals surface area contributed by atoms with Gasteiger partial charge in [-0.2, -0.15) is 5.10 Å². The third-order valence-corrected chi connectivity index (χ3v) is 4.39. The summed E-state index contributed by atoms with van der Waals surface area (Å²) in [7, 11) is 0. The van der Waals surface area contributed by atoms with Crippen molar-refractivity contribution >= 4 is 17.2 Å². The molecule has 0 aliphatic carbocycles. The second-order valence-electron chi connectivity index (χ2n) is 5.90. The van der Waals surface area contributed by atoms with Crippen LogP contribution in [0.1, 0.15) is 11.3 Å². The highest BCUT2D eigenvalue weighted by Crippen LogP contribution is 2.31. The quantitative estimate of drug-likeness (QED) is 0.496. The molecule has 4 aromatic rings. The molecule has 4 heteroatoms. The third kappa shape index (κ3) is 2.47. The van der Waals surface area contributed by atoms with Crippen LogP contribution in [0.2, 0.25) is 5.02 Å². The minimum atomic E-state index is 0.709. The number of fused-ring (bicyclic) bond motifs is 1. The van der Waals surface area contributed by atoms with E-state index in [1.165, 1.54) is 5.56 Å². The van der Waals surface area contributed by atoms with Crippen molar-refractivity contribution in [1.29, 1.82) is 0 Å². The molecule has 0 unspecified atom stereocenters. The predicted molar refractivity (Wildman–Crippen MR) is 98.3 cm³/mol. The van der Waals surface area contributed by atoms with Crippen molar-refractivity contribution < 1.29 is 0 Å². The van der Waals surface area contributed by atoms with Gasteiger partial charge in [-0.1, -0.05) is 53.6 Å². The summed E-state index contributed by atoms with van der Waals surface area (Å²) in [6.07, 6.45) is 1.83. The van der Waals surface area contributed by atoms with Crippen molar-refractivity contribution in [2.24, 2.45) is 0 Å². The highest BCUT2D eigenvalue weighted by Gasteiger charge is 2.15. The lowest BCUT2D eigenvalue weighted by atomic mass is 10.1. The minimum absolute atomic E-state index is 0.709. The molecule has 0 fully saturated rings. The van der Waals surface area contributed by atoms with Gasteiger partial charge in [-0.25, -0.2) is 9.50 Å². The Morgan fingerprint density at radius 1 is 0.917 bits per heavy atom. The topological polar surface area (TPSA) is 30.2 Å². The Hall–Kier alpha value is -2.65. The van der Waals surface area contributed by atoms with Gasteiger partial charge in [0.25, 0.3) is 0 Å². The van der Waals surface area contributed by atoms with Crippen LogP contribution >= 0.6 is 11.6 Å². The first kappa shape index (κ1) is 14.9. The average molecular weight is 334 g/mol. The van der Waals surface area contributed by atoms with Crippen molar-refractivity contribution in [2.45, 2.75) is 13.8 Å². The van der Waals surface area contributed by atoms with Crippen molar-refractivity contribution in [3.63, 3.8) is 0 Å². The molecule has 0 spiro atoms. The molecule has 0 saturated heterocycles. The highest BCUT2D eigenvalue weighted by molar-refractivity contribution is 6.30.